The van der Waals surface area contributed by atoms with Gasteiger partial charge in [-0.15, -0.1) is 0 Å². The van der Waals surface area contributed by atoms with E-state index in [2.05, 4.69) is 0 Å². The van der Waals surface area contributed by atoms with Gasteiger partial charge in [-0.25, -0.2) is 0 Å². The summed E-state index contributed by atoms with van der Waals surface area (Å²) < 4.78 is 6.32. The molecule has 9 aromatic carbocycles. The molecule has 0 fully saturated rings. The molecule has 0 unspecified atom stereocenters. The zero-order valence-corrected chi connectivity index (χ0v) is 31.1. The standard InChI is InChI=1S/C46H28O16/c47-31-24-22(18-13-12-16(14-6-1-2-7-15(14)18)19-9-5-10-20-17-8-3-4-11-21(17)62-46(19)20)25-27(35(51)43(59)41(57)32(25)48)23(26(24)34(50)42(58)40(31)56)28-29-30(37(53)39(55)33(28)49)38(54)45(61)44(60)36(29)52/h1-13,47-61H. The van der Waals surface area contributed by atoms with Crippen LogP contribution >= 0.6 is 0 Å². The van der Waals surface area contributed by atoms with Crippen LogP contribution in [-0.2, 0) is 0 Å². The van der Waals surface area contributed by atoms with Crippen molar-refractivity contribution in [2.45, 2.75) is 0 Å². The molecule has 1 heterocycles. The Bertz CT molecular complexity index is 3610. The van der Waals surface area contributed by atoms with E-state index >= 15 is 0 Å². The van der Waals surface area contributed by atoms with Crippen LogP contribution in [0.2, 0.25) is 0 Å². The number of phenolic OH excluding ortho intramolecular Hbond substituents is 15. The van der Waals surface area contributed by atoms with Crippen molar-refractivity contribution in [3.05, 3.63) is 78.9 Å². The lowest BCUT2D eigenvalue weighted by molar-refractivity contribution is 0.347. The Balaban J connectivity index is 1.46. The van der Waals surface area contributed by atoms with Crippen LogP contribution < -0.4 is 0 Å². The van der Waals surface area contributed by atoms with Crippen LogP contribution in [0.5, 0.6) is 86.2 Å². The summed E-state index contributed by atoms with van der Waals surface area (Å²) in [6.45, 7) is 0. The first-order valence-electron chi connectivity index (χ1n) is 18.3. The normalized spacial score (nSPS) is 11.9. The first-order valence-corrected chi connectivity index (χ1v) is 18.3. The van der Waals surface area contributed by atoms with Crippen LogP contribution in [0.4, 0.5) is 0 Å². The van der Waals surface area contributed by atoms with Gasteiger partial charge in [0.15, 0.2) is 46.0 Å². The van der Waals surface area contributed by atoms with Crippen molar-refractivity contribution in [2.75, 3.05) is 0 Å². The van der Waals surface area contributed by atoms with Crippen molar-refractivity contribution in [3.8, 4) is 120 Å². The van der Waals surface area contributed by atoms with Gasteiger partial charge in [-0.05, 0) is 28.0 Å². The van der Waals surface area contributed by atoms with Gasteiger partial charge < -0.3 is 81.0 Å². The number of fused-ring (bicyclic) bond motifs is 7. The Morgan fingerprint density at radius 3 is 1.13 bits per heavy atom. The minimum absolute atomic E-state index is 0.0351. The Hall–Kier alpha value is -9.18. The number of phenols is 15. The summed E-state index contributed by atoms with van der Waals surface area (Å²) in [6.07, 6.45) is 0. The molecule has 0 amide bonds. The molecule has 0 bridgehead atoms. The molecule has 16 heteroatoms. The number of aromatic hydroxyl groups is 15. The minimum atomic E-state index is -1.47. The summed E-state index contributed by atoms with van der Waals surface area (Å²) in [5, 5.41) is 166. The molecule has 0 aliphatic heterocycles. The number of benzene rings is 9. The van der Waals surface area contributed by atoms with Gasteiger partial charge in [0.2, 0.25) is 40.2 Å². The molecule has 15 N–H and O–H groups in total. The molecular weight excluding hydrogens is 808 g/mol. The van der Waals surface area contributed by atoms with Gasteiger partial charge in [0, 0.05) is 60.0 Å². The molecule has 0 radical (unpaired) electrons. The molecule has 308 valence electrons. The molecule has 16 nitrogen and oxygen atoms in total. The van der Waals surface area contributed by atoms with Crippen molar-refractivity contribution in [1.29, 1.82) is 0 Å². The third kappa shape index (κ3) is 4.48. The van der Waals surface area contributed by atoms with Crippen LogP contribution in [0.1, 0.15) is 0 Å². The molecule has 62 heavy (non-hydrogen) atoms. The topological polar surface area (TPSA) is 317 Å². The third-order valence-corrected chi connectivity index (χ3v) is 11.5. The van der Waals surface area contributed by atoms with E-state index in [1.165, 1.54) is 6.07 Å². The first-order chi connectivity index (χ1) is 29.6. The molecule has 1 aromatic heterocycles. The Labute approximate surface area is 343 Å². The van der Waals surface area contributed by atoms with Gasteiger partial charge in [0.25, 0.3) is 0 Å². The Kier molecular flexibility index (Phi) is 7.43. The lowest BCUT2D eigenvalue weighted by Gasteiger charge is -2.25. The van der Waals surface area contributed by atoms with Gasteiger partial charge in [-0.2, -0.15) is 0 Å². The number of furan rings is 1. The van der Waals surface area contributed by atoms with Crippen molar-refractivity contribution in [3.63, 3.8) is 0 Å². The highest BCUT2D eigenvalue weighted by molar-refractivity contribution is 6.33. The molecule has 0 atom stereocenters. The fourth-order valence-corrected chi connectivity index (χ4v) is 8.73. The zero-order valence-electron chi connectivity index (χ0n) is 31.1. The SMILES string of the molecule is Oc1c(O)c(O)c2c(-c3c4c(O)c(O)c(O)c(O)c4c(-c4ccc(-c5cccc6c5oc5ccccc56)c5ccccc45)c4c(O)c(O)c(O)c(O)c34)c(O)c(O)c(O)c2c1O. The molecule has 0 saturated carbocycles. The molecule has 0 aliphatic carbocycles. The number of hydrogen-bond donors (Lipinski definition) is 15. The number of rotatable bonds is 3. The maximum Gasteiger partial charge on any atom is 0.205 e. The summed E-state index contributed by atoms with van der Waals surface area (Å²) in [5.41, 5.74) is 0.0382. The van der Waals surface area contributed by atoms with Gasteiger partial charge in [-0.1, -0.05) is 72.8 Å². The van der Waals surface area contributed by atoms with Crippen LogP contribution in [0.25, 0.3) is 98.4 Å². The second-order valence-electron chi connectivity index (χ2n) is 14.6. The third-order valence-electron chi connectivity index (χ3n) is 11.5. The van der Waals surface area contributed by atoms with Gasteiger partial charge in [0.05, 0.1) is 5.39 Å². The predicted octanol–water partition coefficient (Wildman–Crippen LogP) is 8.78. The van der Waals surface area contributed by atoms with Gasteiger partial charge in [0.1, 0.15) is 11.2 Å². The maximum atomic E-state index is 11.9. The lowest BCUT2D eigenvalue weighted by Crippen LogP contribution is -1.97. The zero-order chi connectivity index (χ0) is 44.0. The van der Waals surface area contributed by atoms with E-state index in [0.717, 1.165) is 10.8 Å². The molecular formula is C46H28O16. The second-order valence-corrected chi connectivity index (χ2v) is 14.6. The highest BCUT2D eigenvalue weighted by atomic mass is 16.4. The monoisotopic (exact) mass is 836 g/mol. The van der Waals surface area contributed by atoms with E-state index in [0.29, 0.717) is 33.1 Å². The van der Waals surface area contributed by atoms with E-state index in [-0.39, 0.29) is 5.56 Å². The Morgan fingerprint density at radius 1 is 0.242 bits per heavy atom. The van der Waals surface area contributed by atoms with Gasteiger partial charge >= 0.3 is 0 Å². The highest BCUT2D eigenvalue weighted by Gasteiger charge is 2.37. The fourth-order valence-electron chi connectivity index (χ4n) is 8.73. The molecule has 10 rings (SSSR count). The van der Waals surface area contributed by atoms with Crippen molar-refractivity contribution < 1.29 is 81.0 Å². The summed E-state index contributed by atoms with van der Waals surface area (Å²) in [5.74, 6) is -20.5. The van der Waals surface area contributed by atoms with E-state index in [4.69, 9.17) is 4.42 Å². The van der Waals surface area contributed by atoms with Crippen LogP contribution in [0.3, 0.4) is 0 Å². The van der Waals surface area contributed by atoms with E-state index < -0.39 is 135 Å². The first kappa shape index (κ1) is 37.1. The van der Waals surface area contributed by atoms with E-state index in [1.807, 2.05) is 42.5 Å². The Morgan fingerprint density at radius 2 is 0.613 bits per heavy atom. The molecule has 10 aromatic rings. The average Bonchev–Trinajstić information content (AvgIpc) is 3.67. The molecule has 0 saturated heterocycles. The maximum absolute atomic E-state index is 11.9. The van der Waals surface area contributed by atoms with Crippen LogP contribution in [0, 0.1) is 0 Å². The van der Waals surface area contributed by atoms with Crippen molar-refractivity contribution >= 4 is 65.0 Å². The van der Waals surface area contributed by atoms with Crippen LogP contribution in [-0.4, -0.2) is 76.6 Å². The lowest BCUT2D eigenvalue weighted by atomic mass is 9.80. The summed E-state index contributed by atoms with van der Waals surface area (Å²) in [6, 6.07) is 22.9. The number of hydrogen-bond acceptors (Lipinski definition) is 16. The largest absolute Gasteiger partial charge is 0.504 e. The smallest absolute Gasteiger partial charge is 0.205 e. The molecule has 0 aliphatic rings. The fraction of sp³-hybridized carbons (Fsp3) is 0. The van der Waals surface area contributed by atoms with Crippen molar-refractivity contribution in [2.24, 2.45) is 0 Å². The van der Waals surface area contributed by atoms with Gasteiger partial charge in [-0.3, -0.25) is 0 Å². The predicted molar refractivity (Wildman–Crippen MR) is 225 cm³/mol. The summed E-state index contributed by atoms with van der Waals surface area (Å²) >= 11 is 0. The minimum Gasteiger partial charge on any atom is -0.504 e. The number of para-hydroxylation sites is 2. The quantitative estimate of drug-likeness (QED) is 0.0449. The summed E-state index contributed by atoms with van der Waals surface area (Å²) in [7, 11) is 0. The van der Waals surface area contributed by atoms with E-state index in [1.54, 1.807) is 30.3 Å². The van der Waals surface area contributed by atoms with Crippen molar-refractivity contribution in [1.82, 2.24) is 0 Å². The summed E-state index contributed by atoms with van der Waals surface area (Å²) in [4.78, 5) is 0. The van der Waals surface area contributed by atoms with E-state index in [9.17, 15) is 76.6 Å². The molecule has 0 spiro atoms. The highest BCUT2D eigenvalue weighted by Crippen LogP contribution is 2.66. The average molecular weight is 837 g/mol. The van der Waals surface area contributed by atoms with Crippen LogP contribution in [0.15, 0.2) is 83.3 Å². The second kappa shape index (κ2) is 12.4.